The van der Waals surface area contributed by atoms with E-state index >= 15 is 0 Å². The lowest BCUT2D eigenvalue weighted by Gasteiger charge is -2.33. The van der Waals surface area contributed by atoms with E-state index in [1.54, 1.807) is 0 Å². The minimum absolute atomic E-state index is 0.0999. The summed E-state index contributed by atoms with van der Waals surface area (Å²) in [5.41, 5.74) is 5.47. The highest BCUT2D eigenvalue weighted by Crippen LogP contribution is 2.22. The van der Waals surface area contributed by atoms with Gasteiger partial charge in [-0.3, -0.25) is 5.32 Å². The molecule has 1 unspecified atom stereocenters. The van der Waals surface area contributed by atoms with Gasteiger partial charge in [-0.2, -0.15) is 0 Å². The Morgan fingerprint density at radius 3 is 2.06 bits per heavy atom. The van der Waals surface area contributed by atoms with E-state index in [0.29, 0.717) is 25.7 Å². The summed E-state index contributed by atoms with van der Waals surface area (Å²) in [5, 5.41) is 3.21. The van der Waals surface area contributed by atoms with Gasteiger partial charge < -0.3 is 19.0 Å². The highest BCUT2D eigenvalue weighted by atomic mass is 28.4. The van der Waals surface area contributed by atoms with Crippen LogP contribution in [0.3, 0.4) is 0 Å². The molecule has 0 rings (SSSR count). The fourth-order valence-corrected chi connectivity index (χ4v) is 4.87. The molecule has 0 spiro atoms. The van der Waals surface area contributed by atoms with E-state index in [9.17, 15) is 0 Å². The molecule has 0 aliphatic rings. The number of rotatable bonds is 11. The van der Waals surface area contributed by atoms with Crippen LogP contribution >= 0.6 is 0 Å². The lowest BCUT2D eigenvalue weighted by molar-refractivity contribution is 0.0247. The summed E-state index contributed by atoms with van der Waals surface area (Å²) in [4.78, 5) is 0. The zero-order chi connectivity index (χ0) is 14.0. The maximum absolute atomic E-state index is 6.06. The lowest BCUT2D eigenvalue weighted by Crippen LogP contribution is -2.52. The number of hydrogen-bond acceptors (Lipinski definition) is 5. The first-order chi connectivity index (χ1) is 8.49. The van der Waals surface area contributed by atoms with E-state index in [-0.39, 0.29) is 6.23 Å². The molecule has 0 aromatic carbocycles. The average molecular weight is 278 g/mol. The molecule has 0 aromatic heterocycles. The van der Waals surface area contributed by atoms with Crippen molar-refractivity contribution in [3.63, 3.8) is 0 Å². The van der Waals surface area contributed by atoms with Crippen LogP contribution in [0.4, 0.5) is 0 Å². The molecule has 1 atom stereocenters. The lowest BCUT2D eigenvalue weighted by atomic mass is 10.3. The normalized spacial score (nSPS) is 14.2. The van der Waals surface area contributed by atoms with Crippen molar-refractivity contribution in [2.75, 3.05) is 26.3 Å². The number of nitrogens with one attached hydrogen (secondary N) is 1. The van der Waals surface area contributed by atoms with Crippen molar-refractivity contribution in [1.82, 2.24) is 5.32 Å². The minimum Gasteiger partial charge on any atom is -0.374 e. The Hall–Kier alpha value is 0.0169. The number of nitrogens with two attached hydrogens (primary N) is 1. The van der Waals surface area contributed by atoms with Gasteiger partial charge in [0, 0.05) is 32.3 Å². The first-order valence-electron chi connectivity index (χ1n) is 6.88. The van der Waals surface area contributed by atoms with Crippen molar-refractivity contribution >= 4 is 8.80 Å². The third-order valence-corrected chi connectivity index (χ3v) is 5.81. The van der Waals surface area contributed by atoms with Crippen LogP contribution in [0.5, 0.6) is 0 Å². The highest BCUT2D eigenvalue weighted by molar-refractivity contribution is 6.60. The Morgan fingerprint density at radius 1 is 1.11 bits per heavy atom. The maximum atomic E-state index is 6.06. The van der Waals surface area contributed by atoms with Crippen LogP contribution < -0.4 is 11.1 Å². The second-order valence-electron chi connectivity index (χ2n) is 4.65. The predicted octanol–water partition coefficient (Wildman–Crippen LogP) is 1.57. The van der Waals surface area contributed by atoms with Gasteiger partial charge in [-0.25, -0.2) is 0 Å². The second-order valence-corrected chi connectivity index (χ2v) is 7.24. The van der Waals surface area contributed by atoms with E-state index in [1.807, 2.05) is 20.8 Å². The molecule has 0 bridgehead atoms. The minimum atomic E-state index is -2.57. The maximum Gasteiger partial charge on any atom is 0.502 e. The molecule has 0 radical (unpaired) electrons. The van der Waals surface area contributed by atoms with E-state index < -0.39 is 8.80 Å². The van der Waals surface area contributed by atoms with Gasteiger partial charge in [-0.15, -0.1) is 0 Å². The molecule has 6 heteroatoms. The van der Waals surface area contributed by atoms with Crippen LogP contribution in [0, 0.1) is 5.92 Å². The van der Waals surface area contributed by atoms with Gasteiger partial charge in [0.15, 0.2) is 0 Å². The Labute approximate surface area is 113 Å². The standard InChI is InChI=1S/C12H30N2O3Si/c1-6-15-18(16-7-2,10-11(3)4)17-12(5)14-9-8-13/h11-12,14H,6-10,13H2,1-5H3. The molecule has 5 nitrogen and oxygen atoms in total. The van der Waals surface area contributed by atoms with Crippen LogP contribution in [0.1, 0.15) is 34.6 Å². The van der Waals surface area contributed by atoms with Crippen molar-refractivity contribution in [2.24, 2.45) is 11.7 Å². The molecule has 18 heavy (non-hydrogen) atoms. The number of hydrogen-bond donors (Lipinski definition) is 2. The van der Waals surface area contributed by atoms with Crippen LogP contribution in [0.15, 0.2) is 0 Å². The molecule has 0 aliphatic heterocycles. The first-order valence-corrected chi connectivity index (χ1v) is 8.82. The summed E-state index contributed by atoms with van der Waals surface area (Å²) >= 11 is 0. The summed E-state index contributed by atoms with van der Waals surface area (Å²) in [6.45, 7) is 12.8. The quantitative estimate of drug-likeness (QED) is 0.443. The Morgan fingerprint density at radius 2 is 1.67 bits per heavy atom. The predicted molar refractivity (Wildman–Crippen MR) is 76.3 cm³/mol. The van der Waals surface area contributed by atoms with Crippen LogP contribution in [-0.2, 0) is 13.3 Å². The zero-order valence-corrected chi connectivity index (χ0v) is 13.5. The van der Waals surface area contributed by atoms with Gasteiger partial charge in [0.05, 0.1) is 6.23 Å². The van der Waals surface area contributed by atoms with Crippen LogP contribution in [-0.4, -0.2) is 41.3 Å². The van der Waals surface area contributed by atoms with E-state index in [4.69, 9.17) is 19.0 Å². The zero-order valence-electron chi connectivity index (χ0n) is 12.5. The first kappa shape index (κ1) is 18.0. The monoisotopic (exact) mass is 278 g/mol. The topological polar surface area (TPSA) is 65.7 Å². The molecular formula is C12H30N2O3Si. The van der Waals surface area contributed by atoms with Crippen LogP contribution in [0.2, 0.25) is 6.04 Å². The van der Waals surface area contributed by atoms with Crippen molar-refractivity contribution in [2.45, 2.75) is 46.9 Å². The summed E-state index contributed by atoms with van der Waals surface area (Å²) in [5.74, 6) is 0.483. The molecule has 0 aromatic rings. The molecule has 0 amide bonds. The highest BCUT2D eigenvalue weighted by Gasteiger charge is 2.42. The molecule has 0 saturated heterocycles. The van der Waals surface area contributed by atoms with E-state index in [2.05, 4.69) is 19.2 Å². The fourth-order valence-electron chi connectivity index (χ4n) is 1.81. The largest absolute Gasteiger partial charge is 0.502 e. The molecular weight excluding hydrogens is 248 g/mol. The molecule has 0 heterocycles. The molecule has 0 fully saturated rings. The summed E-state index contributed by atoms with van der Waals surface area (Å²) in [6.07, 6.45) is -0.0999. The second kappa shape index (κ2) is 9.88. The van der Waals surface area contributed by atoms with Crippen molar-refractivity contribution in [1.29, 1.82) is 0 Å². The molecule has 0 saturated carbocycles. The van der Waals surface area contributed by atoms with Gasteiger partial charge >= 0.3 is 8.80 Å². The third-order valence-electron chi connectivity index (χ3n) is 2.32. The van der Waals surface area contributed by atoms with Gasteiger partial charge in [0.1, 0.15) is 0 Å². The van der Waals surface area contributed by atoms with Gasteiger partial charge in [0.2, 0.25) is 0 Å². The fraction of sp³-hybridized carbons (Fsp3) is 1.00. The van der Waals surface area contributed by atoms with Crippen molar-refractivity contribution < 1.29 is 13.3 Å². The van der Waals surface area contributed by atoms with E-state index in [1.165, 1.54) is 0 Å². The van der Waals surface area contributed by atoms with Crippen molar-refractivity contribution in [3.05, 3.63) is 0 Å². The van der Waals surface area contributed by atoms with Gasteiger partial charge in [-0.05, 0) is 26.7 Å². The average Bonchev–Trinajstić information content (AvgIpc) is 2.26. The van der Waals surface area contributed by atoms with Crippen LogP contribution in [0.25, 0.3) is 0 Å². The van der Waals surface area contributed by atoms with Crippen molar-refractivity contribution in [3.8, 4) is 0 Å². The summed E-state index contributed by atoms with van der Waals surface area (Å²) < 4.78 is 17.8. The van der Waals surface area contributed by atoms with Gasteiger partial charge in [0.25, 0.3) is 0 Å². The third kappa shape index (κ3) is 7.45. The summed E-state index contributed by atoms with van der Waals surface area (Å²) in [6, 6.07) is 0.837. The molecule has 3 N–H and O–H groups in total. The SMILES string of the molecule is CCO[Si](CC(C)C)(OCC)OC(C)NCCN. The van der Waals surface area contributed by atoms with Gasteiger partial charge in [-0.1, -0.05) is 13.8 Å². The Balaban J connectivity index is 4.58. The smallest absolute Gasteiger partial charge is 0.374 e. The summed E-state index contributed by atoms with van der Waals surface area (Å²) in [7, 11) is -2.57. The molecule has 0 aliphatic carbocycles. The van der Waals surface area contributed by atoms with E-state index in [0.717, 1.165) is 12.6 Å². The Kier molecular flexibility index (Phi) is 9.89. The molecule has 110 valence electrons. The Bertz CT molecular complexity index is 200.